The van der Waals surface area contributed by atoms with E-state index in [1.165, 1.54) is 6.33 Å². The topological polar surface area (TPSA) is 118 Å². The van der Waals surface area contributed by atoms with E-state index < -0.39 is 5.91 Å². The van der Waals surface area contributed by atoms with Crippen molar-refractivity contribution in [2.75, 3.05) is 19.5 Å². The van der Waals surface area contributed by atoms with Gasteiger partial charge in [0.25, 0.3) is 0 Å². The second-order valence-electron chi connectivity index (χ2n) is 6.42. The van der Waals surface area contributed by atoms with Crippen LogP contribution in [0.4, 0.5) is 5.82 Å². The number of aromatic nitrogens is 3. The molecule has 144 valence electrons. The first-order valence-corrected chi connectivity index (χ1v) is 9.35. The second-order valence-corrected chi connectivity index (χ2v) is 7.48. The number of primary amides is 1. The van der Waals surface area contributed by atoms with Gasteiger partial charge in [0.15, 0.2) is 5.82 Å². The van der Waals surface area contributed by atoms with Gasteiger partial charge >= 0.3 is 0 Å². The van der Waals surface area contributed by atoms with Gasteiger partial charge < -0.3 is 20.9 Å². The van der Waals surface area contributed by atoms with Crippen LogP contribution in [-0.2, 0) is 16.1 Å². The highest BCUT2D eigenvalue weighted by Crippen LogP contribution is 2.43. The lowest BCUT2D eigenvalue weighted by molar-refractivity contribution is -0.122. The first kappa shape index (κ1) is 18.2. The summed E-state index contributed by atoms with van der Waals surface area (Å²) < 4.78 is 13.7. The molecule has 4 aromatic rings. The average Bonchev–Trinajstić information content (AvgIpc) is 3.22. The lowest BCUT2D eigenvalue weighted by Gasteiger charge is -2.04. The number of amides is 1. The Bertz CT molecular complexity index is 1200. The van der Waals surface area contributed by atoms with Gasteiger partial charge in [0.05, 0.1) is 18.4 Å². The van der Waals surface area contributed by atoms with Crippen molar-refractivity contribution in [2.24, 2.45) is 5.73 Å². The number of aryl methyl sites for hydroxylation is 1. The highest BCUT2D eigenvalue weighted by Gasteiger charge is 2.20. The number of anilines is 1. The molecule has 0 spiro atoms. The highest BCUT2D eigenvalue weighted by atomic mass is 32.1. The molecule has 0 saturated heterocycles. The Morgan fingerprint density at radius 1 is 1.32 bits per heavy atom. The van der Waals surface area contributed by atoms with E-state index >= 15 is 0 Å². The Balaban J connectivity index is 1.91. The molecule has 3 heterocycles. The molecule has 0 aliphatic carbocycles. The van der Waals surface area contributed by atoms with E-state index in [0.29, 0.717) is 11.3 Å². The average molecular weight is 397 g/mol. The van der Waals surface area contributed by atoms with Crippen LogP contribution < -0.4 is 16.2 Å². The van der Waals surface area contributed by atoms with Crippen molar-refractivity contribution < 1.29 is 14.3 Å². The Hall–Kier alpha value is -3.17. The predicted molar refractivity (Wildman–Crippen MR) is 108 cm³/mol. The number of thiophene rings is 1. The van der Waals surface area contributed by atoms with Gasteiger partial charge in [0.2, 0.25) is 5.91 Å². The number of benzene rings is 1. The Morgan fingerprint density at radius 2 is 2.14 bits per heavy atom. The molecule has 0 unspecified atom stereocenters. The van der Waals surface area contributed by atoms with Crippen LogP contribution in [0.15, 0.2) is 30.7 Å². The number of fused-ring (bicyclic) bond motifs is 2. The predicted octanol–water partition coefficient (Wildman–Crippen LogP) is 2.51. The van der Waals surface area contributed by atoms with Crippen LogP contribution in [0.25, 0.3) is 26.0 Å². The van der Waals surface area contributed by atoms with Crippen LogP contribution in [0.5, 0.6) is 5.75 Å². The third-order valence-electron chi connectivity index (χ3n) is 4.38. The molecule has 28 heavy (non-hydrogen) atoms. The minimum Gasteiger partial charge on any atom is -0.495 e. The van der Waals surface area contributed by atoms with Crippen LogP contribution in [0.3, 0.4) is 0 Å². The van der Waals surface area contributed by atoms with Crippen molar-refractivity contribution in [2.45, 2.75) is 13.5 Å². The molecule has 0 atom stereocenters. The maximum absolute atomic E-state index is 11.0. The van der Waals surface area contributed by atoms with Crippen LogP contribution in [0.1, 0.15) is 11.1 Å². The first-order valence-electron chi connectivity index (χ1n) is 8.53. The zero-order valence-electron chi connectivity index (χ0n) is 15.4. The number of nitrogens with zero attached hydrogens (tertiary/aromatic N) is 3. The number of nitrogen functional groups attached to an aromatic ring is 1. The molecule has 9 heteroatoms. The molecule has 0 radical (unpaired) electrons. The summed E-state index contributed by atoms with van der Waals surface area (Å²) in [5.41, 5.74) is 14.9. The number of ether oxygens (including phenoxy) is 2. The Kier molecular flexibility index (Phi) is 4.62. The summed E-state index contributed by atoms with van der Waals surface area (Å²) in [6, 6.07) is 6.21. The molecular weight excluding hydrogens is 378 g/mol. The minimum absolute atomic E-state index is 0.160. The summed E-state index contributed by atoms with van der Waals surface area (Å²) in [5.74, 6) is 0.670. The van der Waals surface area contributed by atoms with E-state index in [1.807, 2.05) is 19.2 Å². The zero-order valence-corrected chi connectivity index (χ0v) is 16.2. The van der Waals surface area contributed by atoms with E-state index in [1.54, 1.807) is 23.0 Å². The Labute approximate surface area is 164 Å². The summed E-state index contributed by atoms with van der Waals surface area (Å²) in [5, 5.41) is 5.33. The molecule has 1 amide bonds. The fourth-order valence-corrected chi connectivity index (χ4v) is 4.48. The minimum atomic E-state index is -0.522. The van der Waals surface area contributed by atoms with Crippen molar-refractivity contribution in [3.8, 4) is 16.2 Å². The van der Waals surface area contributed by atoms with E-state index in [9.17, 15) is 4.79 Å². The maximum atomic E-state index is 11.0. The summed E-state index contributed by atoms with van der Waals surface area (Å²) in [4.78, 5) is 16.1. The van der Waals surface area contributed by atoms with Gasteiger partial charge in [0.1, 0.15) is 24.2 Å². The van der Waals surface area contributed by atoms with Crippen molar-refractivity contribution in [1.29, 1.82) is 0 Å². The van der Waals surface area contributed by atoms with Crippen molar-refractivity contribution in [1.82, 2.24) is 14.6 Å². The van der Waals surface area contributed by atoms with Gasteiger partial charge in [-0.1, -0.05) is 6.07 Å². The standard InChI is InChI=1S/C19H19N5O3S/c1-10-3-11-5-14(28-18(11)13(4-10)26-2)16-12(7-27-8-15(20)25)6-24-17(16)19(21)22-9-23-24/h3-6,9H,7-8H2,1-2H3,(H2,20,25)(H2,21,22,23). The summed E-state index contributed by atoms with van der Waals surface area (Å²) in [7, 11) is 1.66. The number of carbonyl (C=O) groups excluding carboxylic acids is 1. The van der Waals surface area contributed by atoms with Crippen molar-refractivity contribution in [3.63, 3.8) is 0 Å². The van der Waals surface area contributed by atoms with Gasteiger partial charge in [-0.15, -0.1) is 11.3 Å². The number of carbonyl (C=O) groups is 1. The van der Waals surface area contributed by atoms with E-state index in [-0.39, 0.29) is 13.2 Å². The SMILES string of the molecule is COc1cc(C)cc2cc(-c3c(COCC(N)=O)cn4ncnc(N)c34)sc12. The van der Waals surface area contributed by atoms with E-state index in [0.717, 1.165) is 37.4 Å². The van der Waals surface area contributed by atoms with E-state index in [2.05, 4.69) is 22.2 Å². The van der Waals surface area contributed by atoms with Gasteiger partial charge in [-0.25, -0.2) is 9.50 Å². The molecule has 4 rings (SSSR count). The molecule has 8 nitrogen and oxygen atoms in total. The lowest BCUT2D eigenvalue weighted by atomic mass is 10.1. The third-order valence-corrected chi connectivity index (χ3v) is 5.56. The fraction of sp³-hybridized carbons (Fsp3) is 0.211. The molecular formula is C19H19N5O3S. The van der Waals surface area contributed by atoms with Gasteiger partial charge in [-0.2, -0.15) is 5.10 Å². The Morgan fingerprint density at radius 3 is 2.89 bits per heavy atom. The smallest absolute Gasteiger partial charge is 0.243 e. The van der Waals surface area contributed by atoms with Crippen molar-refractivity contribution >= 4 is 38.7 Å². The third kappa shape index (κ3) is 3.14. The number of hydrogen-bond acceptors (Lipinski definition) is 7. The van der Waals surface area contributed by atoms with Gasteiger partial charge in [0, 0.05) is 22.2 Å². The first-order chi connectivity index (χ1) is 13.5. The second kappa shape index (κ2) is 7.10. The molecule has 1 aromatic carbocycles. The number of hydrogen-bond donors (Lipinski definition) is 2. The zero-order chi connectivity index (χ0) is 19.8. The molecule has 3 aromatic heterocycles. The van der Waals surface area contributed by atoms with Gasteiger partial charge in [-0.05, 0) is 30.0 Å². The van der Waals surface area contributed by atoms with Crippen LogP contribution in [-0.4, -0.2) is 34.2 Å². The monoisotopic (exact) mass is 397 g/mol. The molecule has 0 aliphatic heterocycles. The van der Waals surface area contributed by atoms with Crippen LogP contribution >= 0.6 is 11.3 Å². The van der Waals surface area contributed by atoms with Crippen LogP contribution in [0, 0.1) is 6.92 Å². The largest absolute Gasteiger partial charge is 0.495 e. The normalized spacial score (nSPS) is 11.4. The highest BCUT2D eigenvalue weighted by molar-refractivity contribution is 7.22. The molecule has 0 bridgehead atoms. The number of rotatable bonds is 6. The summed E-state index contributed by atoms with van der Waals surface area (Å²) in [6.45, 7) is 2.07. The lowest BCUT2D eigenvalue weighted by Crippen LogP contribution is -2.17. The summed E-state index contributed by atoms with van der Waals surface area (Å²) >= 11 is 1.60. The number of methoxy groups -OCH3 is 1. The molecule has 0 saturated carbocycles. The maximum Gasteiger partial charge on any atom is 0.243 e. The molecule has 0 aliphatic rings. The molecule has 4 N–H and O–H groups in total. The van der Waals surface area contributed by atoms with Gasteiger partial charge in [-0.3, -0.25) is 4.79 Å². The quantitative estimate of drug-likeness (QED) is 0.516. The number of nitrogens with two attached hydrogens (primary N) is 2. The fourth-order valence-electron chi connectivity index (χ4n) is 3.27. The summed E-state index contributed by atoms with van der Waals surface area (Å²) in [6.07, 6.45) is 3.23. The van der Waals surface area contributed by atoms with Crippen molar-refractivity contribution in [3.05, 3.63) is 41.9 Å². The molecule has 0 fully saturated rings. The van der Waals surface area contributed by atoms with Crippen LogP contribution in [0.2, 0.25) is 0 Å². The van der Waals surface area contributed by atoms with E-state index in [4.69, 9.17) is 20.9 Å².